The molecule has 2 aromatic carbocycles. The maximum atomic E-state index is 14.2. The third kappa shape index (κ3) is 3.89. The molecule has 0 spiro atoms. The summed E-state index contributed by atoms with van der Waals surface area (Å²) in [5, 5.41) is 11.3. The lowest BCUT2D eigenvalue weighted by Crippen LogP contribution is -2.10. The number of benzene rings is 2. The summed E-state index contributed by atoms with van der Waals surface area (Å²) >= 11 is 0. The van der Waals surface area contributed by atoms with Crippen molar-refractivity contribution in [1.29, 1.82) is 0 Å². The van der Waals surface area contributed by atoms with E-state index in [0.29, 0.717) is 6.42 Å². The zero-order chi connectivity index (χ0) is 19.4. The van der Waals surface area contributed by atoms with Crippen molar-refractivity contribution >= 4 is 17.3 Å². The van der Waals surface area contributed by atoms with E-state index in [4.69, 9.17) is 5.11 Å². The van der Waals surface area contributed by atoms with Gasteiger partial charge in [0.2, 0.25) is 11.6 Å². The molecule has 140 valence electrons. The summed E-state index contributed by atoms with van der Waals surface area (Å²) in [6, 6.07) is 4.57. The van der Waals surface area contributed by atoms with Gasteiger partial charge in [-0.25, -0.2) is 8.78 Å². The fourth-order valence-electron chi connectivity index (χ4n) is 2.43. The average molecular weight is 371 g/mol. The second-order valence-electron chi connectivity index (χ2n) is 5.43. The molecular weight excluding hydrogens is 354 g/mol. The van der Waals surface area contributed by atoms with Gasteiger partial charge in [0.25, 0.3) is 0 Å². The van der Waals surface area contributed by atoms with Crippen LogP contribution in [0, 0.1) is 23.3 Å². The number of hydrogen-bond acceptors (Lipinski definition) is 3. The van der Waals surface area contributed by atoms with Crippen LogP contribution in [0.4, 0.5) is 28.9 Å². The summed E-state index contributed by atoms with van der Waals surface area (Å²) in [6.07, 6.45) is 0.184. The minimum Gasteiger partial charge on any atom is -0.488 e. The number of halogens is 4. The second-order valence-corrected chi connectivity index (χ2v) is 5.43. The van der Waals surface area contributed by atoms with Crippen molar-refractivity contribution in [1.82, 2.24) is 0 Å². The van der Waals surface area contributed by atoms with Crippen LogP contribution < -0.4 is 10.1 Å². The molecule has 0 saturated heterocycles. The van der Waals surface area contributed by atoms with E-state index in [0.717, 1.165) is 5.56 Å². The third-order valence-electron chi connectivity index (χ3n) is 3.69. The Morgan fingerprint density at radius 3 is 2.19 bits per heavy atom. The molecule has 0 amide bonds. The lowest BCUT2D eigenvalue weighted by atomic mass is 10.0. The number of ether oxygens (including phenoxy) is 1. The van der Waals surface area contributed by atoms with Crippen LogP contribution in [0.15, 0.2) is 18.2 Å². The molecular formula is C18H17F4NO3. The number of aryl methyl sites for hydroxylation is 1. The molecule has 8 heteroatoms. The molecule has 2 aromatic rings. The Morgan fingerprint density at radius 1 is 1.08 bits per heavy atom. The minimum absolute atomic E-state index is 0.0327. The van der Waals surface area contributed by atoms with E-state index < -0.39 is 47.1 Å². The van der Waals surface area contributed by atoms with Gasteiger partial charge < -0.3 is 15.2 Å². The normalized spacial score (nSPS) is 10.7. The van der Waals surface area contributed by atoms with E-state index in [1.165, 1.54) is 13.0 Å². The van der Waals surface area contributed by atoms with Gasteiger partial charge in [0, 0.05) is 5.69 Å². The van der Waals surface area contributed by atoms with E-state index in [2.05, 4.69) is 10.1 Å². The van der Waals surface area contributed by atoms with Crippen LogP contribution in [0.2, 0.25) is 0 Å². The molecule has 0 unspecified atom stereocenters. The van der Waals surface area contributed by atoms with Gasteiger partial charge in [0.05, 0.1) is 13.0 Å². The molecule has 0 saturated carbocycles. The summed E-state index contributed by atoms with van der Waals surface area (Å²) in [6.45, 7) is 3.08. The third-order valence-corrected chi connectivity index (χ3v) is 3.69. The molecule has 26 heavy (non-hydrogen) atoms. The Kier molecular flexibility index (Phi) is 6.07. The molecule has 2 rings (SSSR count). The van der Waals surface area contributed by atoms with Gasteiger partial charge in [0.15, 0.2) is 17.4 Å². The molecule has 4 nitrogen and oxygen atoms in total. The number of hydrogen-bond donors (Lipinski definition) is 2. The Hall–Kier alpha value is -2.77. The smallest absolute Gasteiger partial charge is 0.307 e. The highest BCUT2D eigenvalue weighted by molar-refractivity contribution is 5.75. The first-order valence-corrected chi connectivity index (χ1v) is 7.89. The van der Waals surface area contributed by atoms with Crippen molar-refractivity contribution in [3.8, 4) is 5.75 Å². The van der Waals surface area contributed by atoms with E-state index in [1.54, 1.807) is 12.1 Å². The Labute approximate surface area is 147 Å². The topological polar surface area (TPSA) is 58.6 Å². The van der Waals surface area contributed by atoms with Crippen LogP contribution in [0.25, 0.3) is 0 Å². The van der Waals surface area contributed by atoms with Crippen LogP contribution in [-0.2, 0) is 17.6 Å². The van der Waals surface area contributed by atoms with E-state index in [9.17, 15) is 22.4 Å². The first-order chi connectivity index (χ1) is 12.3. The summed E-state index contributed by atoms with van der Waals surface area (Å²) < 4.78 is 61.0. The second kappa shape index (κ2) is 8.07. The number of rotatable bonds is 7. The van der Waals surface area contributed by atoms with E-state index in [-0.39, 0.29) is 17.9 Å². The average Bonchev–Trinajstić information content (AvgIpc) is 2.61. The van der Waals surface area contributed by atoms with Gasteiger partial charge >= 0.3 is 5.97 Å². The van der Waals surface area contributed by atoms with Gasteiger partial charge in [-0.3, -0.25) is 4.79 Å². The first-order valence-electron chi connectivity index (χ1n) is 7.89. The molecule has 0 atom stereocenters. The number of carbonyl (C=O) groups is 1. The maximum absolute atomic E-state index is 14.2. The number of nitrogens with one attached hydrogen (secondary N) is 1. The number of carboxylic acid groups (broad SMARTS) is 1. The predicted octanol–water partition coefficient (Wildman–Crippen LogP) is 4.57. The minimum atomic E-state index is -1.67. The largest absolute Gasteiger partial charge is 0.488 e. The Balaban J connectivity index is 2.53. The molecule has 0 radical (unpaired) electrons. The van der Waals surface area contributed by atoms with Crippen LogP contribution >= 0.6 is 0 Å². The number of anilines is 2. The van der Waals surface area contributed by atoms with Gasteiger partial charge in [0.1, 0.15) is 5.69 Å². The van der Waals surface area contributed by atoms with Crippen molar-refractivity contribution in [2.45, 2.75) is 26.7 Å². The van der Waals surface area contributed by atoms with Crippen LogP contribution in [0.1, 0.15) is 25.0 Å². The maximum Gasteiger partial charge on any atom is 0.307 e. The van der Waals surface area contributed by atoms with Crippen molar-refractivity contribution in [2.24, 2.45) is 0 Å². The van der Waals surface area contributed by atoms with Crippen molar-refractivity contribution in [2.75, 3.05) is 11.9 Å². The zero-order valence-electron chi connectivity index (χ0n) is 14.1. The Bertz CT molecular complexity index is 811. The highest BCUT2D eigenvalue weighted by Gasteiger charge is 2.27. The summed E-state index contributed by atoms with van der Waals surface area (Å²) in [4.78, 5) is 11.0. The molecule has 0 fully saturated rings. The molecule has 2 N–H and O–H groups in total. The monoisotopic (exact) mass is 371 g/mol. The summed E-state index contributed by atoms with van der Waals surface area (Å²) in [5.41, 5.74) is 0.00634. The van der Waals surface area contributed by atoms with Crippen molar-refractivity contribution in [3.05, 3.63) is 52.6 Å². The highest BCUT2D eigenvalue weighted by Crippen LogP contribution is 2.35. The summed E-state index contributed by atoms with van der Waals surface area (Å²) in [5.74, 6) is -8.95. The lowest BCUT2D eigenvalue weighted by Gasteiger charge is -2.16. The van der Waals surface area contributed by atoms with E-state index in [1.807, 2.05) is 6.92 Å². The summed E-state index contributed by atoms with van der Waals surface area (Å²) in [7, 11) is 0. The quantitative estimate of drug-likeness (QED) is 0.553. The molecule has 0 aromatic heterocycles. The van der Waals surface area contributed by atoms with Crippen LogP contribution in [0.3, 0.4) is 0 Å². The standard InChI is InChI=1S/C18H17F4NO3/c1-3-9-5-6-11(10(7-9)8-12(24)25)23-17-13(19)15(21)18(26-4-2)16(22)14(17)20/h5-7,23H,3-4,8H2,1-2H3,(H,24,25). The lowest BCUT2D eigenvalue weighted by molar-refractivity contribution is -0.136. The van der Waals surface area contributed by atoms with E-state index >= 15 is 0 Å². The number of carboxylic acids is 1. The molecule has 0 bridgehead atoms. The molecule has 0 aliphatic carbocycles. The molecule has 0 aliphatic rings. The van der Waals surface area contributed by atoms with Crippen LogP contribution in [0.5, 0.6) is 5.75 Å². The predicted molar refractivity (Wildman–Crippen MR) is 87.9 cm³/mol. The van der Waals surface area contributed by atoms with Gasteiger partial charge in [-0.2, -0.15) is 8.78 Å². The van der Waals surface area contributed by atoms with Crippen LogP contribution in [-0.4, -0.2) is 17.7 Å². The molecule has 0 heterocycles. The van der Waals surface area contributed by atoms with Gasteiger partial charge in [-0.15, -0.1) is 0 Å². The number of aliphatic carboxylic acids is 1. The molecule has 0 aliphatic heterocycles. The van der Waals surface area contributed by atoms with Gasteiger partial charge in [-0.1, -0.05) is 19.1 Å². The Morgan fingerprint density at radius 2 is 1.69 bits per heavy atom. The first kappa shape index (κ1) is 19.6. The highest BCUT2D eigenvalue weighted by atomic mass is 19.2. The zero-order valence-corrected chi connectivity index (χ0v) is 14.1. The fraction of sp³-hybridized carbons (Fsp3) is 0.278. The van der Waals surface area contributed by atoms with Gasteiger partial charge in [-0.05, 0) is 30.5 Å². The SMILES string of the molecule is CCOc1c(F)c(F)c(Nc2ccc(CC)cc2CC(=O)O)c(F)c1F. The van der Waals surface area contributed by atoms with Crippen molar-refractivity contribution in [3.63, 3.8) is 0 Å². The van der Waals surface area contributed by atoms with Crippen molar-refractivity contribution < 1.29 is 32.2 Å². The fourth-order valence-corrected chi connectivity index (χ4v) is 2.43.